The van der Waals surface area contributed by atoms with Crippen LogP contribution in [0.4, 0.5) is 0 Å². The van der Waals surface area contributed by atoms with E-state index >= 15 is 0 Å². The molecule has 0 atom stereocenters. The molecular formula is C23H30N2O3S. The second-order valence-electron chi connectivity index (χ2n) is 7.73. The van der Waals surface area contributed by atoms with Gasteiger partial charge in [0.15, 0.2) is 0 Å². The maximum atomic E-state index is 12.8. The van der Waals surface area contributed by atoms with E-state index in [9.17, 15) is 13.2 Å². The zero-order valence-corrected chi connectivity index (χ0v) is 17.9. The minimum Gasteiger partial charge on any atom is -0.352 e. The lowest BCUT2D eigenvalue weighted by Gasteiger charge is -2.20. The van der Waals surface area contributed by atoms with Crippen molar-refractivity contribution in [3.63, 3.8) is 0 Å². The molecule has 1 heterocycles. The molecule has 2 aromatic rings. The third kappa shape index (κ3) is 6.15. The van der Waals surface area contributed by atoms with Gasteiger partial charge in [0, 0.05) is 26.1 Å². The van der Waals surface area contributed by atoms with Gasteiger partial charge in [0.25, 0.3) is 0 Å². The molecule has 1 fully saturated rings. The third-order valence-electron chi connectivity index (χ3n) is 5.34. The Balaban J connectivity index is 1.51. The molecule has 0 unspecified atom stereocenters. The first kappa shape index (κ1) is 21.5. The van der Waals surface area contributed by atoms with Crippen LogP contribution in [0.25, 0.3) is 0 Å². The molecule has 29 heavy (non-hydrogen) atoms. The Kier molecular flexibility index (Phi) is 7.45. The molecule has 3 rings (SSSR count). The monoisotopic (exact) mass is 414 g/mol. The minimum atomic E-state index is -3.42. The van der Waals surface area contributed by atoms with E-state index in [1.54, 1.807) is 16.4 Å². The number of aryl methyl sites for hydroxylation is 2. The molecule has 1 saturated heterocycles. The summed E-state index contributed by atoms with van der Waals surface area (Å²) in [6.45, 7) is 3.76. The first-order chi connectivity index (χ1) is 13.9. The fraction of sp³-hybridized carbons (Fsp3) is 0.435. The van der Waals surface area contributed by atoms with Crippen molar-refractivity contribution >= 4 is 15.9 Å². The molecule has 1 aliphatic rings. The fourth-order valence-corrected chi connectivity index (χ4v) is 5.15. The smallest absolute Gasteiger partial charge is 0.243 e. The number of carbonyl (C=O) groups is 1. The van der Waals surface area contributed by atoms with E-state index in [4.69, 9.17) is 0 Å². The highest BCUT2D eigenvalue weighted by Gasteiger charge is 2.24. The van der Waals surface area contributed by atoms with Gasteiger partial charge in [-0.1, -0.05) is 54.8 Å². The standard InChI is InChI=1S/C23H30N2O3S/c1-19-7-6-8-21(17-19)18-24-23(26)14-11-20-9-12-22(13-10-20)29(27,28)25-15-4-2-3-5-16-25/h6-10,12-13,17H,2-5,11,14-16,18H2,1H3,(H,24,26). The Morgan fingerprint density at radius 3 is 2.31 bits per heavy atom. The Hall–Kier alpha value is -2.18. The molecule has 156 valence electrons. The van der Waals surface area contributed by atoms with Crippen molar-refractivity contribution in [3.8, 4) is 0 Å². The molecule has 0 spiro atoms. The average Bonchev–Trinajstić information content (AvgIpc) is 3.01. The van der Waals surface area contributed by atoms with E-state index in [0.29, 0.717) is 37.4 Å². The Morgan fingerprint density at radius 2 is 1.66 bits per heavy atom. The number of hydrogen-bond acceptors (Lipinski definition) is 3. The summed E-state index contributed by atoms with van der Waals surface area (Å²) >= 11 is 0. The van der Waals surface area contributed by atoms with Crippen LogP contribution < -0.4 is 5.32 Å². The summed E-state index contributed by atoms with van der Waals surface area (Å²) in [6, 6.07) is 15.0. The van der Waals surface area contributed by atoms with Crippen molar-refractivity contribution < 1.29 is 13.2 Å². The van der Waals surface area contributed by atoms with Gasteiger partial charge < -0.3 is 5.32 Å². The molecule has 0 radical (unpaired) electrons. The number of carbonyl (C=O) groups excluding carboxylic acids is 1. The molecule has 2 aromatic carbocycles. The van der Waals surface area contributed by atoms with Crippen molar-refractivity contribution in [2.75, 3.05) is 13.1 Å². The van der Waals surface area contributed by atoms with Crippen LogP contribution in [0.15, 0.2) is 53.4 Å². The third-order valence-corrected chi connectivity index (χ3v) is 7.25. The molecular weight excluding hydrogens is 384 g/mol. The van der Waals surface area contributed by atoms with Gasteiger partial charge >= 0.3 is 0 Å². The van der Waals surface area contributed by atoms with Gasteiger partial charge in [0.2, 0.25) is 15.9 Å². The first-order valence-corrected chi connectivity index (χ1v) is 11.8. The molecule has 1 amide bonds. The summed E-state index contributed by atoms with van der Waals surface area (Å²) in [4.78, 5) is 12.5. The number of benzene rings is 2. The summed E-state index contributed by atoms with van der Waals surface area (Å²) in [5, 5.41) is 2.94. The van der Waals surface area contributed by atoms with Gasteiger partial charge in [-0.2, -0.15) is 4.31 Å². The molecule has 0 aliphatic carbocycles. The van der Waals surface area contributed by atoms with E-state index in [2.05, 4.69) is 11.4 Å². The number of nitrogens with one attached hydrogen (secondary N) is 1. The fourth-order valence-electron chi connectivity index (χ4n) is 3.63. The normalized spacial score (nSPS) is 15.6. The van der Waals surface area contributed by atoms with Crippen LogP contribution in [0.3, 0.4) is 0 Å². The van der Waals surface area contributed by atoms with Gasteiger partial charge in [-0.05, 0) is 49.4 Å². The maximum absolute atomic E-state index is 12.8. The molecule has 0 aromatic heterocycles. The van der Waals surface area contributed by atoms with Crippen LogP contribution in [0, 0.1) is 6.92 Å². The van der Waals surface area contributed by atoms with Gasteiger partial charge in [-0.15, -0.1) is 0 Å². The van der Waals surface area contributed by atoms with E-state index in [0.717, 1.165) is 36.8 Å². The summed E-state index contributed by atoms with van der Waals surface area (Å²) in [5.41, 5.74) is 3.22. The van der Waals surface area contributed by atoms with Crippen LogP contribution in [-0.4, -0.2) is 31.7 Å². The quantitative estimate of drug-likeness (QED) is 0.749. The molecule has 1 N–H and O–H groups in total. The van der Waals surface area contributed by atoms with Crippen molar-refractivity contribution in [2.24, 2.45) is 0 Å². The van der Waals surface area contributed by atoms with E-state index in [1.165, 1.54) is 5.56 Å². The van der Waals surface area contributed by atoms with Crippen molar-refractivity contribution in [1.82, 2.24) is 9.62 Å². The number of hydrogen-bond donors (Lipinski definition) is 1. The molecule has 0 bridgehead atoms. The van der Waals surface area contributed by atoms with Crippen LogP contribution >= 0.6 is 0 Å². The van der Waals surface area contributed by atoms with Crippen LogP contribution in [0.1, 0.15) is 48.8 Å². The summed E-state index contributed by atoms with van der Waals surface area (Å²) in [7, 11) is -3.42. The zero-order valence-electron chi connectivity index (χ0n) is 17.1. The lowest BCUT2D eigenvalue weighted by Crippen LogP contribution is -2.31. The molecule has 5 nitrogen and oxygen atoms in total. The van der Waals surface area contributed by atoms with Gasteiger partial charge in [-0.25, -0.2) is 8.42 Å². The SMILES string of the molecule is Cc1cccc(CNC(=O)CCc2ccc(S(=O)(=O)N3CCCCCC3)cc2)c1. The largest absolute Gasteiger partial charge is 0.352 e. The lowest BCUT2D eigenvalue weighted by atomic mass is 10.1. The van der Waals surface area contributed by atoms with Crippen LogP contribution in [0.5, 0.6) is 0 Å². The van der Waals surface area contributed by atoms with Crippen LogP contribution in [0.2, 0.25) is 0 Å². The Bertz CT molecular complexity index is 915. The Labute approximate surface area is 174 Å². The van der Waals surface area contributed by atoms with Crippen molar-refractivity contribution in [2.45, 2.75) is 56.9 Å². The summed E-state index contributed by atoms with van der Waals surface area (Å²) in [6.07, 6.45) is 5.01. The van der Waals surface area contributed by atoms with Crippen molar-refractivity contribution in [3.05, 3.63) is 65.2 Å². The van der Waals surface area contributed by atoms with Gasteiger partial charge in [0.1, 0.15) is 0 Å². The van der Waals surface area contributed by atoms with Crippen LogP contribution in [-0.2, 0) is 27.8 Å². The lowest BCUT2D eigenvalue weighted by molar-refractivity contribution is -0.121. The highest BCUT2D eigenvalue weighted by molar-refractivity contribution is 7.89. The minimum absolute atomic E-state index is 0.00669. The number of amides is 1. The average molecular weight is 415 g/mol. The highest BCUT2D eigenvalue weighted by Crippen LogP contribution is 2.21. The molecule has 0 saturated carbocycles. The number of nitrogens with zero attached hydrogens (tertiary/aromatic N) is 1. The van der Waals surface area contributed by atoms with E-state index in [1.807, 2.05) is 37.3 Å². The van der Waals surface area contributed by atoms with Gasteiger partial charge in [-0.3, -0.25) is 4.79 Å². The number of rotatable bonds is 7. The van der Waals surface area contributed by atoms with Gasteiger partial charge in [0.05, 0.1) is 4.90 Å². The topological polar surface area (TPSA) is 66.5 Å². The molecule has 6 heteroatoms. The predicted molar refractivity (Wildman–Crippen MR) is 115 cm³/mol. The predicted octanol–water partition coefficient (Wildman–Crippen LogP) is 3.81. The Morgan fingerprint density at radius 1 is 0.966 bits per heavy atom. The summed E-state index contributed by atoms with van der Waals surface area (Å²) in [5.74, 6) is -0.00669. The number of sulfonamides is 1. The van der Waals surface area contributed by atoms with Crippen molar-refractivity contribution in [1.29, 1.82) is 0 Å². The second kappa shape index (κ2) is 10.0. The highest BCUT2D eigenvalue weighted by atomic mass is 32.2. The maximum Gasteiger partial charge on any atom is 0.243 e. The molecule has 1 aliphatic heterocycles. The van der Waals surface area contributed by atoms with E-state index in [-0.39, 0.29) is 5.91 Å². The zero-order chi connectivity index (χ0) is 20.7. The summed E-state index contributed by atoms with van der Waals surface area (Å²) < 4.78 is 27.3. The van der Waals surface area contributed by atoms with E-state index < -0.39 is 10.0 Å². The second-order valence-corrected chi connectivity index (χ2v) is 9.67. The first-order valence-electron chi connectivity index (χ1n) is 10.4.